The summed E-state index contributed by atoms with van der Waals surface area (Å²) >= 11 is 0. The van der Waals surface area contributed by atoms with Crippen LogP contribution in [0.5, 0.6) is 5.75 Å². The van der Waals surface area contributed by atoms with Crippen LogP contribution in [0.2, 0.25) is 0 Å². The SMILES string of the molecule is CCOCCNC(=O)c1c(O)c2ncc(Cc3ccc(F)cc3)cc2[nH]c1=O. The van der Waals surface area contributed by atoms with Crippen LogP contribution in [-0.2, 0) is 11.2 Å². The molecule has 0 aliphatic carbocycles. The van der Waals surface area contributed by atoms with Crippen molar-refractivity contribution in [3.63, 3.8) is 0 Å². The van der Waals surface area contributed by atoms with Crippen LogP contribution in [0.3, 0.4) is 0 Å². The fourth-order valence-corrected chi connectivity index (χ4v) is 2.82. The lowest BCUT2D eigenvalue weighted by Gasteiger charge is -2.09. The van der Waals surface area contributed by atoms with Gasteiger partial charge in [-0.1, -0.05) is 12.1 Å². The molecule has 2 aromatic heterocycles. The average molecular weight is 385 g/mol. The minimum atomic E-state index is -0.709. The van der Waals surface area contributed by atoms with Gasteiger partial charge in [0.15, 0.2) is 5.75 Å². The van der Waals surface area contributed by atoms with Gasteiger partial charge in [0.05, 0.1) is 12.1 Å². The fourth-order valence-electron chi connectivity index (χ4n) is 2.82. The van der Waals surface area contributed by atoms with Crippen LogP contribution in [0, 0.1) is 5.82 Å². The Morgan fingerprint density at radius 3 is 2.75 bits per heavy atom. The number of nitrogens with zero attached hydrogens (tertiary/aromatic N) is 1. The van der Waals surface area contributed by atoms with Crippen LogP contribution in [0.4, 0.5) is 4.39 Å². The van der Waals surface area contributed by atoms with Crippen molar-refractivity contribution in [1.29, 1.82) is 0 Å². The summed E-state index contributed by atoms with van der Waals surface area (Å²) in [6.45, 7) is 2.87. The first-order chi connectivity index (χ1) is 13.5. The minimum absolute atomic E-state index is 0.123. The van der Waals surface area contributed by atoms with E-state index in [1.807, 2.05) is 6.92 Å². The van der Waals surface area contributed by atoms with Crippen molar-refractivity contribution in [3.8, 4) is 5.75 Å². The number of aromatic nitrogens is 2. The second-order valence-corrected chi connectivity index (χ2v) is 6.17. The summed E-state index contributed by atoms with van der Waals surface area (Å²) < 4.78 is 18.1. The van der Waals surface area contributed by atoms with E-state index in [2.05, 4.69) is 15.3 Å². The van der Waals surface area contributed by atoms with Crippen LogP contribution in [-0.4, -0.2) is 40.7 Å². The van der Waals surface area contributed by atoms with E-state index in [1.165, 1.54) is 12.1 Å². The Balaban J connectivity index is 1.86. The van der Waals surface area contributed by atoms with E-state index in [9.17, 15) is 19.1 Å². The van der Waals surface area contributed by atoms with Gasteiger partial charge < -0.3 is 20.1 Å². The molecule has 0 unspecified atom stereocenters. The van der Waals surface area contributed by atoms with Gasteiger partial charge in [-0.25, -0.2) is 4.39 Å². The molecule has 28 heavy (non-hydrogen) atoms. The molecule has 0 saturated heterocycles. The number of benzene rings is 1. The molecule has 0 spiro atoms. The van der Waals surface area contributed by atoms with Crippen LogP contribution < -0.4 is 10.9 Å². The first kappa shape index (κ1) is 19.5. The molecule has 3 aromatic rings. The van der Waals surface area contributed by atoms with Crippen molar-refractivity contribution >= 4 is 16.9 Å². The number of pyridine rings is 2. The van der Waals surface area contributed by atoms with Crippen molar-refractivity contribution in [2.45, 2.75) is 13.3 Å². The molecule has 0 fully saturated rings. The lowest BCUT2D eigenvalue weighted by atomic mass is 10.1. The monoisotopic (exact) mass is 385 g/mol. The summed E-state index contributed by atoms with van der Waals surface area (Å²) in [5.41, 5.74) is 0.982. The molecule has 1 amide bonds. The number of fused-ring (bicyclic) bond motifs is 1. The van der Waals surface area contributed by atoms with Crippen LogP contribution in [0.25, 0.3) is 11.0 Å². The normalized spacial score (nSPS) is 10.9. The van der Waals surface area contributed by atoms with Gasteiger partial charge in [-0.3, -0.25) is 14.6 Å². The predicted molar refractivity (Wildman–Crippen MR) is 102 cm³/mol. The van der Waals surface area contributed by atoms with E-state index in [-0.39, 0.29) is 23.4 Å². The summed E-state index contributed by atoms with van der Waals surface area (Å²) in [6, 6.07) is 7.73. The van der Waals surface area contributed by atoms with Crippen LogP contribution >= 0.6 is 0 Å². The Hall–Kier alpha value is -3.26. The number of aromatic amines is 1. The zero-order valence-corrected chi connectivity index (χ0v) is 15.3. The topological polar surface area (TPSA) is 104 Å². The van der Waals surface area contributed by atoms with E-state index in [4.69, 9.17) is 4.74 Å². The number of ether oxygens (including phenoxy) is 1. The number of nitrogens with one attached hydrogen (secondary N) is 2. The third-order valence-corrected chi connectivity index (χ3v) is 4.17. The number of H-pyrrole nitrogens is 1. The number of hydrogen-bond donors (Lipinski definition) is 3. The summed E-state index contributed by atoms with van der Waals surface area (Å²) in [4.78, 5) is 31.3. The Morgan fingerprint density at radius 2 is 2.04 bits per heavy atom. The molecule has 7 nitrogen and oxygen atoms in total. The first-order valence-corrected chi connectivity index (χ1v) is 8.84. The summed E-state index contributed by atoms with van der Waals surface area (Å²) in [5, 5.41) is 12.9. The molecule has 0 bridgehead atoms. The molecule has 0 aliphatic rings. The van der Waals surface area contributed by atoms with E-state index < -0.39 is 17.2 Å². The molecule has 0 radical (unpaired) electrons. The van der Waals surface area contributed by atoms with E-state index in [1.54, 1.807) is 24.4 Å². The van der Waals surface area contributed by atoms with E-state index >= 15 is 0 Å². The highest BCUT2D eigenvalue weighted by Crippen LogP contribution is 2.24. The number of carbonyl (C=O) groups is 1. The molecule has 0 aliphatic heterocycles. The largest absolute Gasteiger partial charge is 0.505 e. The maximum atomic E-state index is 13.0. The third-order valence-electron chi connectivity index (χ3n) is 4.17. The van der Waals surface area contributed by atoms with Gasteiger partial charge >= 0.3 is 0 Å². The summed E-state index contributed by atoms with van der Waals surface area (Å²) in [7, 11) is 0. The molecule has 146 valence electrons. The molecule has 3 N–H and O–H groups in total. The summed E-state index contributed by atoms with van der Waals surface area (Å²) in [6.07, 6.45) is 2.02. The van der Waals surface area contributed by atoms with Crippen LogP contribution in [0.15, 0.2) is 41.3 Å². The van der Waals surface area contributed by atoms with Crippen molar-refractivity contribution < 1.29 is 19.0 Å². The molecule has 0 saturated carbocycles. The smallest absolute Gasteiger partial charge is 0.265 e. The highest BCUT2D eigenvalue weighted by molar-refractivity contribution is 6.01. The third kappa shape index (κ3) is 4.34. The first-order valence-electron chi connectivity index (χ1n) is 8.84. The van der Waals surface area contributed by atoms with E-state index in [0.29, 0.717) is 25.2 Å². The maximum Gasteiger partial charge on any atom is 0.265 e. The van der Waals surface area contributed by atoms with Gasteiger partial charge in [-0.2, -0.15) is 0 Å². The van der Waals surface area contributed by atoms with E-state index in [0.717, 1.165) is 11.1 Å². The molecule has 0 atom stereocenters. The Kier molecular flexibility index (Phi) is 6.00. The lowest BCUT2D eigenvalue weighted by molar-refractivity contribution is 0.0918. The van der Waals surface area contributed by atoms with Crippen molar-refractivity contribution in [2.75, 3.05) is 19.8 Å². The lowest BCUT2D eigenvalue weighted by Crippen LogP contribution is -2.32. The number of hydrogen-bond acceptors (Lipinski definition) is 5. The second-order valence-electron chi connectivity index (χ2n) is 6.17. The zero-order chi connectivity index (χ0) is 20.1. The molecular formula is C20H20FN3O4. The van der Waals surface area contributed by atoms with Gasteiger partial charge in [0, 0.05) is 19.3 Å². The molecule has 8 heteroatoms. The minimum Gasteiger partial charge on any atom is -0.505 e. The van der Waals surface area contributed by atoms with Crippen molar-refractivity contribution in [2.24, 2.45) is 0 Å². The van der Waals surface area contributed by atoms with Crippen molar-refractivity contribution in [3.05, 3.63) is 69.4 Å². The van der Waals surface area contributed by atoms with Crippen molar-refractivity contribution in [1.82, 2.24) is 15.3 Å². The maximum absolute atomic E-state index is 13.0. The number of halogens is 1. The van der Waals surface area contributed by atoms with Crippen LogP contribution in [0.1, 0.15) is 28.4 Å². The average Bonchev–Trinajstić information content (AvgIpc) is 2.67. The van der Waals surface area contributed by atoms with Gasteiger partial charge in [0.1, 0.15) is 16.9 Å². The standard InChI is InChI=1S/C20H20FN3O4/c1-2-28-8-7-22-19(26)16-18(25)17-15(24-20(16)27)10-13(11-23-17)9-12-3-5-14(21)6-4-12/h3-6,10-11H,2,7-9H2,1H3,(H,22,26)(H2,24,25,27). The second kappa shape index (κ2) is 8.62. The number of aromatic hydroxyl groups is 1. The van der Waals surface area contributed by atoms with Gasteiger partial charge in [0.25, 0.3) is 11.5 Å². The Bertz CT molecular complexity index is 1050. The summed E-state index contributed by atoms with van der Waals surface area (Å²) in [5.74, 6) is -1.49. The Labute approximate surface area is 160 Å². The fraction of sp³-hybridized carbons (Fsp3) is 0.250. The molecule has 1 aromatic carbocycles. The predicted octanol–water partition coefficient (Wildman–Crippen LogP) is 2.12. The highest BCUT2D eigenvalue weighted by Gasteiger charge is 2.20. The molecular weight excluding hydrogens is 365 g/mol. The molecule has 3 rings (SSSR count). The number of amides is 1. The quantitative estimate of drug-likeness (QED) is 0.541. The number of rotatable bonds is 7. The molecule has 2 heterocycles. The van der Waals surface area contributed by atoms with Gasteiger partial charge in [-0.05, 0) is 42.7 Å². The highest BCUT2D eigenvalue weighted by atomic mass is 19.1. The number of carbonyl (C=O) groups excluding carboxylic acids is 1. The van der Waals surface area contributed by atoms with Gasteiger partial charge in [-0.15, -0.1) is 0 Å². The zero-order valence-electron chi connectivity index (χ0n) is 15.3. The Morgan fingerprint density at radius 1 is 1.29 bits per heavy atom. The van der Waals surface area contributed by atoms with Gasteiger partial charge in [0.2, 0.25) is 0 Å².